The molecule has 3 aromatic rings. The predicted octanol–water partition coefficient (Wildman–Crippen LogP) is 3.42. The highest BCUT2D eigenvalue weighted by molar-refractivity contribution is 5.17. The van der Waals surface area contributed by atoms with Crippen molar-refractivity contribution >= 4 is 0 Å². The van der Waals surface area contributed by atoms with Crippen molar-refractivity contribution in [2.45, 2.75) is 81.9 Å². The average Bonchev–Trinajstić information content (AvgIpc) is 3.55. The molecule has 0 bridgehead atoms. The minimum atomic E-state index is -1.25. The summed E-state index contributed by atoms with van der Waals surface area (Å²) in [6.45, 7) is 3.02. The molecule has 0 saturated carbocycles. The molecular formula is C33H39NO9. The summed E-state index contributed by atoms with van der Waals surface area (Å²) < 4.78 is 50.2. The molecule has 10 heteroatoms. The van der Waals surface area contributed by atoms with E-state index in [9.17, 15) is 5.11 Å². The fraction of sp³-hybridized carbons (Fsp3) is 0.455. The van der Waals surface area contributed by atoms with E-state index in [1.165, 1.54) is 0 Å². The van der Waals surface area contributed by atoms with Crippen molar-refractivity contribution in [2.75, 3.05) is 13.2 Å². The van der Waals surface area contributed by atoms with Gasteiger partial charge in [0, 0.05) is 5.56 Å². The van der Waals surface area contributed by atoms with Crippen LogP contribution in [0.25, 0.3) is 0 Å². The van der Waals surface area contributed by atoms with E-state index < -0.39 is 61.7 Å². The SMILES string of the molecule is CC(OC1O[C@H]2COC(c3ccccc3)OC2C(OCc2ccccc2)C1OCc1ccccc1)C1COC([C@@H](N)O)O1. The maximum atomic E-state index is 9.71. The molecular weight excluding hydrogens is 554 g/mol. The number of fused-ring (bicyclic) bond motifs is 1. The molecule has 230 valence electrons. The van der Waals surface area contributed by atoms with Crippen LogP contribution in [0.5, 0.6) is 0 Å². The van der Waals surface area contributed by atoms with E-state index in [0.717, 1.165) is 16.7 Å². The Bertz CT molecular complexity index is 1250. The number of aliphatic hydroxyl groups is 1. The van der Waals surface area contributed by atoms with Gasteiger partial charge >= 0.3 is 0 Å². The van der Waals surface area contributed by atoms with Crippen LogP contribution >= 0.6 is 0 Å². The van der Waals surface area contributed by atoms with Gasteiger partial charge in [-0.15, -0.1) is 0 Å². The van der Waals surface area contributed by atoms with Gasteiger partial charge in [-0.3, -0.25) is 0 Å². The van der Waals surface area contributed by atoms with Gasteiger partial charge in [0.2, 0.25) is 0 Å². The molecule has 10 nitrogen and oxygen atoms in total. The average molecular weight is 594 g/mol. The number of hydrogen-bond donors (Lipinski definition) is 2. The molecule has 3 aliphatic heterocycles. The molecule has 6 rings (SSSR count). The summed E-state index contributed by atoms with van der Waals surface area (Å²) in [4.78, 5) is 0. The van der Waals surface area contributed by atoms with Crippen molar-refractivity contribution in [2.24, 2.45) is 5.73 Å². The van der Waals surface area contributed by atoms with E-state index >= 15 is 0 Å². The Labute approximate surface area is 251 Å². The molecule has 3 saturated heterocycles. The lowest BCUT2D eigenvalue weighted by molar-refractivity contribution is -0.378. The Balaban J connectivity index is 1.26. The third-order valence-electron chi connectivity index (χ3n) is 7.81. The first kappa shape index (κ1) is 30.3. The summed E-state index contributed by atoms with van der Waals surface area (Å²) in [6, 6.07) is 29.7. The summed E-state index contributed by atoms with van der Waals surface area (Å²) in [7, 11) is 0. The minimum absolute atomic E-state index is 0.216. The van der Waals surface area contributed by atoms with Crippen molar-refractivity contribution in [3.63, 3.8) is 0 Å². The van der Waals surface area contributed by atoms with Crippen molar-refractivity contribution in [3.8, 4) is 0 Å². The van der Waals surface area contributed by atoms with Crippen LogP contribution in [0.1, 0.15) is 29.9 Å². The van der Waals surface area contributed by atoms with Crippen LogP contribution in [-0.2, 0) is 51.1 Å². The zero-order valence-corrected chi connectivity index (χ0v) is 24.1. The Morgan fingerprint density at radius 1 is 0.767 bits per heavy atom. The van der Waals surface area contributed by atoms with E-state index in [1.807, 2.05) is 97.9 Å². The second kappa shape index (κ2) is 14.4. The second-order valence-electron chi connectivity index (χ2n) is 11.0. The number of nitrogens with two attached hydrogens (primary N) is 1. The topological polar surface area (TPSA) is 120 Å². The van der Waals surface area contributed by atoms with Crippen LogP contribution in [0.4, 0.5) is 0 Å². The third kappa shape index (κ3) is 7.50. The summed E-state index contributed by atoms with van der Waals surface area (Å²) in [5.41, 5.74) is 8.49. The first-order valence-corrected chi connectivity index (χ1v) is 14.7. The van der Waals surface area contributed by atoms with Crippen molar-refractivity contribution < 1.29 is 43.0 Å². The molecule has 3 heterocycles. The van der Waals surface area contributed by atoms with Crippen LogP contribution in [0, 0.1) is 0 Å². The predicted molar refractivity (Wildman–Crippen MR) is 154 cm³/mol. The van der Waals surface area contributed by atoms with E-state index in [-0.39, 0.29) is 13.2 Å². The Hall–Kier alpha value is -2.74. The van der Waals surface area contributed by atoms with Gasteiger partial charge < -0.3 is 48.7 Å². The van der Waals surface area contributed by atoms with Gasteiger partial charge in [0.1, 0.15) is 30.5 Å². The molecule has 10 atom stereocenters. The molecule has 3 aromatic carbocycles. The van der Waals surface area contributed by atoms with Crippen LogP contribution in [0.2, 0.25) is 0 Å². The molecule has 3 fully saturated rings. The molecule has 0 amide bonds. The summed E-state index contributed by atoms with van der Waals surface area (Å²) in [6.07, 6.45) is -6.75. The minimum Gasteiger partial charge on any atom is -0.373 e. The highest BCUT2D eigenvalue weighted by atomic mass is 16.8. The molecule has 0 spiro atoms. The number of aliphatic hydroxyl groups excluding tert-OH is 1. The molecule has 3 N–H and O–H groups in total. The largest absolute Gasteiger partial charge is 0.373 e. The standard InChI is InChI=1S/C33H39NO9/c1-21(25-19-39-33(41-25)30(34)35)40-32-29(37-18-23-13-7-3-8-14-23)28(36-17-22-11-5-2-6-12-22)27-26(42-32)20-38-31(43-27)24-15-9-4-10-16-24/h2-16,21,25-33,35H,17-20,34H2,1H3/t21?,25?,26-,27?,28?,29?,30-,31?,32?,33?/m0/s1. The van der Waals surface area contributed by atoms with Crippen molar-refractivity contribution in [3.05, 3.63) is 108 Å². The Morgan fingerprint density at radius 3 is 1.98 bits per heavy atom. The number of rotatable bonds is 11. The fourth-order valence-electron chi connectivity index (χ4n) is 5.50. The second-order valence-corrected chi connectivity index (χ2v) is 11.0. The van der Waals surface area contributed by atoms with Gasteiger partial charge in [0.15, 0.2) is 25.1 Å². The van der Waals surface area contributed by atoms with Crippen molar-refractivity contribution in [1.29, 1.82) is 0 Å². The van der Waals surface area contributed by atoms with Gasteiger partial charge in [-0.25, -0.2) is 0 Å². The molecule has 0 aliphatic carbocycles. The molecule has 0 aromatic heterocycles. The maximum Gasteiger partial charge on any atom is 0.197 e. The molecule has 8 unspecified atom stereocenters. The first-order chi connectivity index (χ1) is 21.0. The summed E-state index contributed by atoms with van der Waals surface area (Å²) >= 11 is 0. The normalized spacial score (nSPS) is 32.2. The van der Waals surface area contributed by atoms with Crippen LogP contribution in [0.3, 0.4) is 0 Å². The van der Waals surface area contributed by atoms with Gasteiger partial charge in [-0.2, -0.15) is 0 Å². The number of benzene rings is 3. The third-order valence-corrected chi connectivity index (χ3v) is 7.81. The quantitative estimate of drug-likeness (QED) is 0.320. The lowest BCUT2D eigenvalue weighted by Gasteiger charge is -2.49. The van der Waals surface area contributed by atoms with E-state index in [2.05, 4.69) is 0 Å². The first-order valence-electron chi connectivity index (χ1n) is 14.7. The summed E-state index contributed by atoms with van der Waals surface area (Å²) in [5.74, 6) is 0. The van der Waals surface area contributed by atoms with Gasteiger partial charge in [-0.05, 0) is 18.1 Å². The van der Waals surface area contributed by atoms with Gasteiger partial charge in [0.05, 0.1) is 32.5 Å². The highest BCUT2D eigenvalue weighted by Crippen LogP contribution is 2.38. The highest BCUT2D eigenvalue weighted by Gasteiger charge is 2.52. The van der Waals surface area contributed by atoms with E-state index in [0.29, 0.717) is 13.2 Å². The lowest BCUT2D eigenvalue weighted by atomic mass is 9.96. The van der Waals surface area contributed by atoms with Crippen LogP contribution in [-0.4, -0.2) is 73.8 Å². The monoisotopic (exact) mass is 593 g/mol. The number of ether oxygens (including phenoxy) is 8. The molecule has 0 radical (unpaired) electrons. The lowest BCUT2D eigenvalue weighted by Crippen LogP contribution is -2.64. The molecule has 3 aliphatic rings. The van der Waals surface area contributed by atoms with Gasteiger partial charge in [-0.1, -0.05) is 91.0 Å². The Kier molecular flexibility index (Phi) is 10.1. The smallest absolute Gasteiger partial charge is 0.197 e. The Morgan fingerprint density at radius 2 is 1.37 bits per heavy atom. The van der Waals surface area contributed by atoms with E-state index in [1.54, 1.807) is 0 Å². The van der Waals surface area contributed by atoms with Crippen LogP contribution in [0.15, 0.2) is 91.0 Å². The van der Waals surface area contributed by atoms with Crippen molar-refractivity contribution in [1.82, 2.24) is 0 Å². The zero-order chi connectivity index (χ0) is 29.6. The number of hydrogen-bond acceptors (Lipinski definition) is 10. The molecule has 43 heavy (non-hydrogen) atoms. The zero-order valence-electron chi connectivity index (χ0n) is 24.1. The summed E-state index contributed by atoms with van der Waals surface area (Å²) in [5, 5.41) is 9.71. The van der Waals surface area contributed by atoms with E-state index in [4.69, 9.17) is 43.6 Å². The van der Waals surface area contributed by atoms with Gasteiger partial charge in [0.25, 0.3) is 0 Å². The maximum absolute atomic E-state index is 9.71. The fourth-order valence-corrected chi connectivity index (χ4v) is 5.50. The van der Waals surface area contributed by atoms with Crippen LogP contribution < -0.4 is 5.73 Å².